The van der Waals surface area contributed by atoms with Gasteiger partial charge in [0.25, 0.3) is 0 Å². The number of amides is 1. The molecule has 0 fully saturated rings. The average Bonchev–Trinajstić information content (AvgIpc) is 2.62. The smallest absolute Gasteiger partial charge is 0.414 e. The van der Waals surface area contributed by atoms with E-state index in [0.29, 0.717) is 6.54 Å². The van der Waals surface area contributed by atoms with Crippen LogP contribution in [-0.2, 0) is 16.1 Å². The number of anilines is 1. The lowest BCUT2D eigenvalue weighted by molar-refractivity contribution is -0.116. The number of ether oxygens (including phenoxy) is 1. The zero-order chi connectivity index (χ0) is 17.4. The van der Waals surface area contributed by atoms with E-state index in [-0.39, 0.29) is 24.1 Å². The van der Waals surface area contributed by atoms with Gasteiger partial charge in [-0.25, -0.2) is 4.79 Å². The molecule has 0 radical (unpaired) electrons. The van der Waals surface area contributed by atoms with Gasteiger partial charge in [0.15, 0.2) is 0 Å². The van der Waals surface area contributed by atoms with Crippen LogP contribution in [0.4, 0.5) is 10.5 Å². The molecule has 126 valence electrons. The highest BCUT2D eigenvalue weighted by Crippen LogP contribution is 2.17. The maximum absolute atomic E-state index is 12.5. The predicted molar refractivity (Wildman–Crippen MR) is 98.6 cm³/mol. The van der Waals surface area contributed by atoms with Crippen LogP contribution in [0.1, 0.15) is 17.5 Å². The van der Waals surface area contributed by atoms with Gasteiger partial charge in [0.1, 0.15) is 12.4 Å². The quantitative estimate of drug-likeness (QED) is 0.655. The number of hydrogen-bond donors (Lipinski definition) is 0. The first-order valence-corrected chi connectivity index (χ1v) is 8.85. The molecule has 24 heavy (non-hydrogen) atoms. The summed E-state index contributed by atoms with van der Waals surface area (Å²) in [5, 5.41) is 0.286. The van der Waals surface area contributed by atoms with Gasteiger partial charge in [-0.1, -0.05) is 64.0 Å². The van der Waals surface area contributed by atoms with Crippen LogP contribution in [0.25, 0.3) is 0 Å². The second-order valence-electron chi connectivity index (χ2n) is 5.45. The lowest BCUT2D eigenvalue weighted by Crippen LogP contribution is -2.33. The molecule has 0 saturated carbocycles. The van der Waals surface area contributed by atoms with Crippen molar-refractivity contribution in [2.45, 2.75) is 20.0 Å². The van der Waals surface area contributed by atoms with Gasteiger partial charge < -0.3 is 4.74 Å². The van der Waals surface area contributed by atoms with E-state index >= 15 is 0 Å². The molecule has 0 spiro atoms. The molecule has 2 aromatic carbocycles. The lowest BCUT2D eigenvalue weighted by atomic mass is 10.2. The molecule has 0 heterocycles. The van der Waals surface area contributed by atoms with E-state index in [0.717, 1.165) is 16.8 Å². The van der Waals surface area contributed by atoms with Crippen molar-refractivity contribution in [1.29, 1.82) is 0 Å². The van der Waals surface area contributed by atoms with E-state index in [1.165, 1.54) is 4.90 Å². The average molecular weight is 390 g/mol. The van der Waals surface area contributed by atoms with Crippen molar-refractivity contribution in [3.63, 3.8) is 0 Å². The number of carbonyl (C=O) groups is 2. The van der Waals surface area contributed by atoms with E-state index in [1.54, 1.807) is 0 Å². The highest BCUT2D eigenvalue weighted by Gasteiger charge is 2.18. The number of Topliss-reactive ketones (excluding diaryl/α,β-unsaturated/α-hetero) is 1. The zero-order valence-corrected chi connectivity index (χ0v) is 15.2. The summed E-state index contributed by atoms with van der Waals surface area (Å²) in [7, 11) is 0. The number of alkyl halides is 1. The molecule has 0 aliphatic carbocycles. The fourth-order valence-corrected chi connectivity index (χ4v) is 2.43. The summed E-state index contributed by atoms with van der Waals surface area (Å²) in [4.78, 5) is 25.6. The number of hydrogen-bond acceptors (Lipinski definition) is 3. The third-order valence-electron chi connectivity index (χ3n) is 3.53. The first kappa shape index (κ1) is 18.2. The topological polar surface area (TPSA) is 46.6 Å². The second-order valence-corrected chi connectivity index (χ2v) is 6.01. The summed E-state index contributed by atoms with van der Waals surface area (Å²) in [6.45, 7) is 2.48. The number of benzene rings is 2. The number of rotatable bonds is 7. The number of ketones is 1. The molecule has 0 aliphatic heterocycles. The van der Waals surface area contributed by atoms with Gasteiger partial charge in [-0.15, -0.1) is 0 Å². The summed E-state index contributed by atoms with van der Waals surface area (Å²) < 4.78 is 5.40. The predicted octanol–water partition coefficient (Wildman–Crippen LogP) is 4.49. The molecule has 0 N–H and O–H groups in total. The highest BCUT2D eigenvalue weighted by molar-refractivity contribution is 9.09. The molecular weight excluding hydrogens is 370 g/mol. The maximum Gasteiger partial charge on any atom is 0.414 e. The molecule has 0 bridgehead atoms. The SMILES string of the molecule is Cc1ccc(N(CCC(=O)CBr)C(=O)OCc2ccccc2)cc1. The summed E-state index contributed by atoms with van der Waals surface area (Å²) >= 11 is 3.14. The molecule has 0 aliphatic rings. The van der Waals surface area contributed by atoms with Crippen LogP contribution >= 0.6 is 15.9 Å². The fourth-order valence-electron chi connectivity index (χ4n) is 2.15. The molecule has 0 aromatic heterocycles. The summed E-state index contributed by atoms with van der Waals surface area (Å²) in [6.07, 6.45) is -0.176. The summed E-state index contributed by atoms with van der Waals surface area (Å²) in [6, 6.07) is 17.1. The van der Waals surface area contributed by atoms with Crippen molar-refractivity contribution in [2.75, 3.05) is 16.8 Å². The van der Waals surface area contributed by atoms with E-state index in [9.17, 15) is 9.59 Å². The third kappa shape index (κ3) is 5.49. The molecule has 2 aromatic rings. The van der Waals surface area contributed by atoms with Gasteiger partial charge >= 0.3 is 6.09 Å². The first-order chi connectivity index (χ1) is 11.6. The van der Waals surface area contributed by atoms with Gasteiger partial charge in [-0.3, -0.25) is 9.69 Å². The third-order valence-corrected chi connectivity index (χ3v) is 4.16. The second kappa shape index (κ2) is 9.23. The monoisotopic (exact) mass is 389 g/mol. The fraction of sp³-hybridized carbons (Fsp3) is 0.263. The van der Waals surface area contributed by atoms with Crippen LogP contribution < -0.4 is 4.90 Å². The number of nitrogens with zero attached hydrogens (tertiary/aromatic N) is 1. The van der Waals surface area contributed by atoms with Crippen molar-refractivity contribution >= 4 is 33.5 Å². The van der Waals surface area contributed by atoms with Crippen molar-refractivity contribution in [3.8, 4) is 0 Å². The Bertz CT molecular complexity index is 671. The van der Waals surface area contributed by atoms with Crippen molar-refractivity contribution < 1.29 is 14.3 Å². The van der Waals surface area contributed by atoms with Crippen LogP contribution in [0, 0.1) is 6.92 Å². The first-order valence-electron chi connectivity index (χ1n) is 7.72. The maximum atomic E-state index is 12.5. The Morgan fingerprint density at radius 1 is 1.04 bits per heavy atom. The Kier molecular flexibility index (Phi) is 7.00. The minimum Gasteiger partial charge on any atom is -0.444 e. The molecule has 0 saturated heterocycles. The van der Waals surface area contributed by atoms with E-state index in [4.69, 9.17) is 4.74 Å². The van der Waals surface area contributed by atoms with E-state index < -0.39 is 6.09 Å². The standard InChI is InChI=1S/C19H20BrNO3/c1-15-7-9-17(10-8-15)21(12-11-18(22)13-20)19(23)24-14-16-5-3-2-4-6-16/h2-10H,11-14H2,1H3. The van der Waals surface area contributed by atoms with Crippen LogP contribution in [0.3, 0.4) is 0 Å². The van der Waals surface area contributed by atoms with Crippen molar-refractivity contribution in [1.82, 2.24) is 0 Å². The molecule has 5 heteroatoms. The van der Waals surface area contributed by atoms with E-state index in [1.807, 2.05) is 61.5 Å². The molecule has 4 nitrogen and oxygen atoms in total. The van der Waals surface area contributed by atoms with E-state index in [2.05, 4.69) is 15.9 Å². The Morgan fingerprint density at radius 2 is 1.71 bits per heavy atom. The van der Waals surface area contributed by atoms with Gasteiger partial charge in [0.05, 0.1) is 5.33 Å². The summed E-state index contributed by atoms with van der Waals surface area (Å²) in [5.41, 5.74) is 2.75. The van der Waals surface area contributed by atoms with Gasteiger partial charge in [-0.2, -0.15) is 0 Å². The van der Waals surface area contributed by atoms with Gasteiger partial charge in [0, 0.05) is 18.7 Å². The highest BCUT2D eigenvalue weighted by atomic mass is 79.9. The Labute approximate surface area is 150 Å². The van der Waals surface area contributed by atoms with Gasteiger partial charge in [0.2, 0.25) is 0 Å². The molecular formula is C19H20BrNO3. The minimum atomic E-state index is -0.454. The summed E-state index contributed by atoms with van der Waals surface area (Å²) in [5.74, 6) is 0.0444. The number of carbonyl (C=O) groups excluding carboxylic acids is 2. The lowest BCUT2D eigenvalue weighted by Gasteiger charge is -2.22. The van der Waals surface area contributed by atoms with Crippen LogP contribution in [0.2, 0.25) is 0 Å². The zero-order valence-electron chi connectivity index (χ0n) is 13.6. The number of aryl methyl sites for hydroxylation is 1. The van der Waals surface area contributed by atoms with Crippen LogP contribution in [0.5, 0.6) is 0 Å². The van der Waals surface area contributed by atoms with Crippen LogP contribution in [0.15, 0.2) is 54.6 Å². The molecule has 2 rings (SSSR count). The molecule has 1 amide bonds. The Hall–Kier alpha value is -2.14. The van der Waals surface area contributed by atoms with Gasteiger partial charge in [-0.05, 0) is 24.6 Å². The van der Waals surface area contributed by atoms with Crippen molar-refractivity contribution in [2.24, 2.45) is 0 Å². The Balaban J connectivity index is 2.07. The normalized spacial score (nSPS) is 10.2. The van der Waals surface area contributed by atoms with Crippen molar-refractivity contribution in [3.05, 3.63) is 65.7 Å². The van der Waals surface area contributed by atoms with Crippen LogP contribution in [-0.4, -0.2) is 23.8 Å². The number of halogens is 1. The Morgan fingerprint density at radius 3 is 2.33 bits per heavy atom. The largest absolute Gasteiger partial charge is 0.444 e. The minimum absolute atomic E-state index is 0.0444. The molecule has 0 unspecified atom stereocenters. The molecule has 0 atom stereocenters.